The zero-order valence-corrected chi connectivity index (χ0v) is 12.4. The first-order chi connectivity index (χ1) is 10.2. The molecular formula is C15H17N3O2S. The summed E-state index contributed by atoms with van der Waals surface area (Å²) in [6.45, 7) is 0. The van der Waals surface area contributed by atoms with Crippen LogP contribution in [0.1, 0.15) is 42.6 Å². The third kappa shape index (κ3) is 3.39. The molecule has 0 spiro atoms. The van der Waals surface area contributed by atoms with Crippen molar-refractivity contribution >= 4 is 23.1 Å². The van der Waals surface area contributed by atoms with Gasteiger partial charge in [0.1, 0.15) is 5.82 Å². The lowest BCUT2D eigenvalue weighted by Gasteiger charge is -2.23. The summed E-state index contributed by atoms with van der Waals surface area (Å²) in [6, 6.07) is 5.71. The Bertz CT molecular complexity index is 622. The maximum absolute atomic E-state index is 11.3. The normalized spacial score (nSPS) is 15.8. The molecule has 2 heterocycles. The highest BCUT2D eigenvalue weighted by Crippen LogP contribution is 2.25. The van der Waals surface area contributed by atoms with E-state index in [1.807, 2.05) is 17.5 Å². The number of nitrogens with one attached hydrogen (secondary N) is 1. The van der Waals surface area contributed by atoms with Crippen LogP contribution in [0.25, 0.3) is 10.7 Å². The van der Waals surface area contributed by atoms with Crippen LogP contribution in [0.5, 0.6) is 0 Å². The second-order valence-electron chi connectivity index (χ2n) is 5.22. The summed E-state index contributed by atoms with van der Waals surface area (Å²) in [5, 5.41) is 14.5. The first kappa shape index (κ1) is 14.0. The summed E-state index contributed by atoms with van der Waals surface area (Å²) in [5.41, 5.74) is 0.0340. The van der Waals surface area contributed by atoms with Crippen molar-refractivity contribution in [2.75, 3.05) is 5.32 Å². The van der Waals surface area contributed by atoms with E-state index in [1.54, 1.807) is 0 Å². The lowest BCUT2D eigenvalue weighted by atomic mass is 9.95. The Balaban J connectivity index is 1.89. The molecule has 0 radical (unpaired) electrons. The average Bonchev–Trinajstić information content (AvgIpc) is 3.02. The molecular weight excluding hydrogens is 286 g/mol. The van der Waals surface area contributed by atoms with Crippen molar-refractivity contribution in [3.8, 4) is 10.7 Å². The number of carboxylic acids is 1. The van der Waals surface area contributed by atoms with Crippen LogP contribution >= 0.6 is 11.3 Å². The zero-order chi connectivity index (χ0) is 14.7. The van der Waals surface area contributed by atoms with E-state index in [0.29, 0.717) is 17.7 Å². The van der Waals surface area contributed by atoms with Crippen LogP contribution in [0.15, 0.2) is 23.6 Å². The highest BCUT2D eigenvalue weighted by molar-refractivity contribution is 7.13. The van der Waals surface area contributed by atoms with Crippen LogP contribution in [0, 0.1) is 0 Å². The van der Waals surface area contributed by atoms with Gasteiger partial charge < -0.3 is 10.4 Å². The van der Waals surface area contributed by atoms with E-state index in [0.717, 1.165) is 17.7 Å². The number of rotatable bonds is 4. The molecule has 1 saturated carbocycles. The Kier molecular flexibility index (Phi) is 4.15. The molecule has 6 heteroatoms. The molecule has 2 N–H and O–H groups in total. The lowest BCUT2D eigenvalue weighted by molar-refractivity contribution is 0.0690. The van der Waals surface area contributed by atoms with Gasteiger partial charge in [0.2, 0.25) is 0 Å². The highest BCUT2D eigenvalue weighted by atomic mass is 32.1. The summed E-state index contributed by atoms with van der Waals surface area (Å²) >= 11 is 1.51. The van der Waals surface area contributed by atoms with E-state index < -0.39 is 5.97 Å². The molecule has 0 saturated heterocycles. The number of carboxylic acid groups (broad SMARTS) is 1. The molecule has 0 aromatic carbocycles. The van der Waals surface area contributed by atoms with Crippen molar-refractivity contribution in [1.82, 2.24) is 9.97 Å². The fourth-order valence-corrected chi connectivity index (χ4v) is 3.26. The molecule has 0 amide bonds. The molecule has 0 aliphatic heterocycles. The smallest absolute Gasteiger partial charge is 0.354 e. The zero-order valence-electron chi connectivity index (χ0n) is 11.6. The third-order valence-corrected chi connectivity index (χ3v) is 4.51. The number of thiophene rings is 1. The molecule has 0 unspecified atom stereocenters. The summed E-state index contributed by atoms with van der Waals surface area (Å²) in [6.07, 6.45) is 5.93. The number of carbonyl (C=O) groups is 1. The average molecular weight is 303 g/mol. The highest BCUT2D eigenvalue weighted by Gasteiger charge is 2.17. The minimum absolute atomic E-state index is 0.0340. The van der Waals surface area contributed by atoms with Gasteiger partial charge in [-0.2, -0.15) is 0 Å². The van der Waals surface area contributed by atoms with Gasteiger partial charge in [0, 0.05) is 12.1 Å². The maximum atomic E-state index is 11.3. The van der Waals surface area contributed by atoms with Gasteiger partial charge >= 0.3 is 5.97 Å². The Morgan fingerprint density at radius 3 is 2.76 bits per heavy atom. The monoisotopic (exact) mass is 303 g/mol. The minimum atomic E-state index is -1.03. The molecule has 1 fully saturated rings. The Hall–Kier alpha value is -1.95. The molecule has 2 aromatic heterocycles. The first-order valence-electron chi connectivity index (χ1n) is 7.15. The molecule has 1 aliphatic carbocycles. The largest absolute Gasteiger partial charge is 0.477 e. The van der Waals surface area contributed by atoms with E-state index in [1.165, 1.54) is 36.7 Å². The summed E-state index contributed by atoms with van der Waals surface area (Å²) < 4.78 is 0. The Labute approximate surface area is 127 Å². The van der Waals surface area contributed by atoms with Crippen LogP contribution in [0.2, 0.25) is 0 Å². The van der Waals surface area contributed by atoms with Gasteiger partial charge in [-0.25, -0.2) is 14.8 Å². The van der Waals surface area contributed by atoms with E-state index in [-0.39, 0.29) is 5.69 Å². The molecule has 0 atom stereocenters. The number of aromatic nitrogens is 2. The van der Waals surface area contributed by atoms with Gasteiger partial charge in [-0.15, -0.1) is 11.3 Å². The second-order valence-corrected chi connectivity index (χ2v) is 6.17. The molecule has 21 heavy (non-hydrogen) atoms. The van der Waals surface area contributed by atoms with Crippen LogP contribution < -0.4 is 5.32 Å². The fraction of sp³-hybridized carbons (Fsp3) is 0.400. The molecule has 2 aromatic rings. The van der Waals surface area contributed by atoms with Crippen molar-refractivity contribution in [1.29, 1.82) is 0 Å². The maximum Gasteiger partial charge on any atom is 0.354 e. The predicted octanol–water partition coefficient (Wildman–Crippen LogP) is 3.65. The summed E-state index contributed by atoms with van der Waals surface area (Å²) in [7, 11) is 0. The van der Waals surface area contributed by atoms with Gasteiger partial charge in [0.25, 0.3) is 0 Å². The number of anilines is 1. The molecule has 5 nitrogen and oxygen atoms in total. The summed E-state index contributed by atoms with van der Waals surface area (Å²) in [4.78, 5) is 20.7. The van der Waals surface area contributed by atoms with Gasteiger partial charge in [0.05, 0.1) is 4.88 Å². The van der Waals surface area contributed by atoms with Crippen molar-refractivity contribution < 1.29 is 9.90 Å². The Morgan fingerprint density at radius 2 is 2.10 bits per heavy atom. The molecule has 0 bridgehead atoms. The predicted molar refractivity (Wildman–Crippen MR) is 82.8 cm³/mol. The number of nitrogens with zero attached hydrogens (tertiary/aromatic N) is 2. The van der Waals surface area contributed by atoms with Gasteiger partial charge in [0.15, 0.2) is 11.5 Å². The molecule has 110 valence electrons. The summed E-state index contributed by atoms with van der Waals surface area (Å²) in [5.74, 6) is 0.0582. The van der Waals surface area contributed by atoms with Crippen LogP contribution in [0.4, 0.5) is 5.82 Å². The van der Waals surface area contributed by atoms with Gasteiger partial charge in [-0.1, -0.05) is 25.3 Å². The molecule has 3 rings (SSSR count). The molecule has 1 aliphatic rings. The second kappa shape index (κ2) is 6.22. The van der Waals surface area contributed by atoms with Crippen molar-refractivity contribution in [3.63, 3.8) is 0 Å². The quantitative estimate of drug-likeness (QED) is 0.901. The third-order valence-electron chi connectivity index (χ3n) is 3.64. The van der Waals surface area contributed by atoms with Gasteiger partial charge in [-0.05, 0) is 24.3 Å². The van der Waals surface area contributed by atoms with Crippen molar-refractivity contribution in [2.24, 2.45) is 0 Å². The Morgan fingerprint density at radius 1 is 1.29 bits per heavy atom. The van der Waals surface area contributed by atoms with E-state index in [2.05, 4.69) is 15.3 Å². The SMILES string of the molecule is O=C(O)c1cc(NC2CCCCC2)nc(-c2cccs2)n1. The minimum Gasteiger partial charge on any atom is -0.477 e. The van der Waals surface area contributed by atoms with Crippen LogP contribution in [-0.4, -0.2) is 27.1 Å². The van der Waals surface area contributed by atoms with Gasteiger partial charge in [-0.3, -0.25) is 0 Å². The topological polar surface area (TPSA) is 75.1 Å². The first-order valence-corrected chi connectivity index (χ1v) is 8.03. The fourth-order valence-electron chi connectivity index (χ4n) is 2.60. The standard InChI is InChI=1S/C15H17N3O2S/c19-15(20)11-9-13(16-10-5-2-1-3-6-10)18-14(17-11)12-7-4-8-21-12/h4,7-10H,1-3,5-6H2,(H,19,20)(H,16,17,18). The number of aromatic carboxylic acids is 1. The van der Waals surface area contributed by atoms with E-state index >= 15 is 0 Å². The van der Waals surface area contributed by atoms with Crippen LogP contribution in [0.3, 0.4) is 0 Å². The number of hydrogen-bond donors (Lipinski definition) is 2. The lowest BCUT2D eigenvalue weighted by Crippen LogP contribution is -2.23. The van der Waals surface area contributed by atoms with Crippen LogP contribution in [-0.2, 0) is 0 Å². The number of hydrogen-bond acceptors (Lipinski definition) is 5. The van der Waals surface area contributed by atoms with E-state index in [9.17, 15) is 9.90 Å². The van der Waals surface area contributed by atoms with Crippen molar-refractivity contribution in [3.05, 3.63) is 29.3 Å². The van der Waals surface area contributed by atoms with Crippen molar-refractivity contribution in [2.45, 2.75) is 38.1 Å². The van der Waals surface area contributed by atoms with E-state index in [4.69, 9.17) is 0 Å².